The van der Waals surface area contributed by atoms with E-state index in [1.54, 1.807) is 0 Å². The fourth-order valence-corrected chi connectivity index (χ4v) is 2.75. The van der Waals surface area contributed by atoms with Crippen molar-refractivity contribution in [1.29, 1.82) is 5.26 Å². The molecule has 116 valence electrons. The van der Waals surface area contributed by atoms with Gasteiger partial charge in [0.15, 0.2) is 0 Å². The van der Waals surface area contributed by atoms with Gasteiger partial charge in [-0.15, -0.1) is 0 Å². The number of hydrogen-bond donors (Lipinski definition) is 1. The van der Waals surface area contributed by atoms with Crippen LogP contribution in [0.4, 0.5) is 0 Å². The minimum absolute atomic E-state index is 0.120. The molecule has 2 unspecified atom stereocenters. The zero-order valence-electron chi connectivity index (χ0n) is 13.7. The van der Waals surface area contributed by atoms with E-state index in [1.165, 1.54) is 0 Å². The summed E-state index contributed by atoms with van der Waals surface area (Å²) in [6.07, 6.45) is 3.94. The molecule has 0 radical (unpaired) electrons. The molecule has 0 heterocycles. The third-order valence-corrected chi connectivity index (χ3v) is 3.46. The second kappa shape index (κ2) is 7.40. The van der Waals surface area contributed by atoms with Gasteiger partial charge in [-0.05, 0) is 53.9 Å². The van der Waals surface area contributed by atoms with E-state index >= 15 is 0 Å². The van der Waals surface area contributed by atoms with Crippen molar-refractivity contribution in [2.75, 3.05) is 13.2 Å². The minimum atomic E-state index is -0.415. The SMILES string of the molecule is CC(C)NC1(C#N)CCCC(OCCOC(C)(C)C)C1. The van der Waals surface area contributed by atoms with E-state index in [-0.39, 0.29) is 11.7 Å². The van der Waals surface area contributed by atoms with Crippen molar-refractivity contribution >= 4 is 0 Å². The molecular formula is C16H30N2O2. The van der Waals surface area contributed by atoms with Gasteiger partial charge >= 0.3 is 0 Å². The molecular weight excluding hydrogens is 252 g/mol. The van der Waals surface area contributed by atoms with E-state index in [0.29, 0.717) is 19.3 Å². The maximum Gasteiger partial charge on any atom is 0.109 e. The molecule has 2 atom stereocenters. The molecule has 1 rings (SSSR count). The molecule has 1 aliphatic rings. The number of hydrogen-bond acceptors (Lipinski definition) is 4. The molecule has 0 aromatic heterocycles. The normalized spacial score (nSPS) is 27.6. The predicted octanol–water partition coefficient (Wildman–Crippen LogP) is 3.02. The first kappa shape index (κ1) is 17.4. The van der Waals surface area contributed by atoms with E-state index in [4.69, 9.17) is 9.47 Å². The highest BCUT2D eigenvalue weighted by Gasteiger charge is 2.37. The van der Waals surface area contributed by atoms with Crippen molar-refractivity contribution in [3.8, 4) is 6.07 Å². The summed E-state index contributed by atoms with van der Waals surface area (Å²) < 4.78 is 11.6. The van der Waals surface area contributed by atoms with Gasteiger partial charge < -0.3 is 9.47 Å². The average molecular weight is 282 g/mol. The third kappa shape index (κ3) is 6.21. The molecule has 0 spiro atoms. The number of ether oxygens (including phenoxy) is 2. The first-order valence-corrected chi connectivity index (χ1v) is 7.71. The molecule has 4 heteroatoms. The Morgan fingerprint density at radius 2 is 2.05 bits per heavy atom. The van der Waals surface area contributed by atoms with Crippen LogP contribution in [0.1, 0.15) is 60.3 Å². The quantitative estimate of drug-likeness (QED) is 0.761. The van der Waals surface area contributed by atoms with Crippen molar-refractivity contribution < 1.29 is 9.47 Å². The van der Waals surface area contributed by atoms with Crippen LogP contribution in [-0.4, -0.2) is 36.5 Å². The van der Waals surface area contributed by atoms with Crippen molar-refractivity contribution in [2.45, 2.75) is 83.6 Å². The summed E-state index contributed by atoms with van der Waals surface area (Å²) in [5, 5.41) is 12.9. The Labute approximate surface area is 123 Å². The monoisotopic (exact) mass is 282 g/mol. The zero-order valence-corrected chi connectivity index (χ0v) is 13.7. The standard InChI is InChI=1S/C16H30N2O2/c1-13(2)18-16(12-17)8-6-7-14(11-16)19-9-10-20-15(3,4)5/h13-14,18H,6-11H2,1-5H3. The van der Waals surface area contributed by atoms with Gasteiger partial charge in [-0.1, -0.05) is 0 Å². The summed E-state index contributed by atoms with van der Waals surface area (Å²) in [5.41, 5.74) is -0.534. The lowest BCUT2D eigenvalue weighted by Gasteiger charge is -2.37. The molecule has 0 bridgehead atoms. The summed E-state index contributed by atoms with van der Waals surface area (Å²) in [6.45, 7) is 11.5. The van der Waals surface area contributed by atoms with Crippen LogP contribution in [0.2, 0.25) is 0 Å². The largest absolute Gasteiger partial charge is 0.376 e. The molecule has 0 aromatic rings. The second-order valence-corrected chi connectivity index (χ2v) is 7.04. The van der Waals surface area contributed by atoms with E-state index < -0.39 is 5.54 Å². The van der Waals surface area contributed by atoms with E-state index in [1.807, 2.05) is 20.8 Å². The summed E-state index contributed by atoms with van der Waals surface area (Å²) in [5.74, 6) is 0. The maximum atomic E-state index is 9.49. The lowest BCUT2D eigenvalue weighted by atomic mass is 9.80. The van der Waals surface area contributed by atoms with E-state index in [0.717, 1.165) is 25.7 Å². The first-order valence-electron chi connectivity index (χ1n) is 7.71. The van der Waals surface area contributed by atoms with Crippen molar-refractivity contribution in [3.63, 3.8) is 0 Å². The summed E-state index contributed by atoms with van der Waals surface area (Å²) in [4.78, 5) is 0. The van der Waals surface area contributed by atoms with Crippen LogP contribution in [0, 0.1) is 11.3 Å². The Morgan fingerprint density at radius 1 is 1.35 bits per heavy atom. The lowest BCUT2D eigenvalue weighted by molar-refractivity contribution is -0.0630. The predicted molar refractivity (Wildman–Crippen MR) is 80.5 cm³/mol. The van der Waals surface area contributed by atoms with Gasteiger partial charge in [0, 0.05) is 12.5 Å². The van der Waals surface area contributed by atoms with Gasteiger partial charge in [0.25, 0.3) is 0 Å². The number of nitrogens with one attached hydrogen (secondary N) is 1. The van der Waals surface area contributed by atoms with Crippen LogP contribution in [0.5, 0.6) is 0 Å². The Bertz CT molecular complexity index is 330. The van der Waals surface area contributed by atoms with Gasteiger partial charge in [-0.25, -0.2) is 0 Å². The summed E-state index contributed by atoms with van der Waals surface area (Å²) >= 11 is 0. The Hall–Kier alpha value is -0.630. The molecule has 1 aliphatic carbocycles. The van der Waals surface area contributed by atoms with Gasteiger partial charge in [-0.3, -0.25) is 5.32 Å². The smallest absolute Gasteiger partial charge is 0.109 e. The summed E-state index contributed by atoms with van der Waals surface area (Å²) in [7, 11) is 0. The van der Waals surface area contributed by atoms with Crippen LogP contribution in [0.25, 0.3) is 0 Å². The highest BCUT2D eigenvalue weighted by Crippen LogP contribution is 2.30. The fourth-order valence-electron chi connectivity index (χ4n) is 2.75. The van der Waals surface area contributed by atoms with Gasteiger partial charge in [0.05, 0.1) is 31.0 Å². The van der Waals surface area contributed by atoms with E-state index in [9.17, 15) is 5.26 Å². The lowest BCUT2D eigenvalue weighted by Crippen LogP contribution is -2.52. The molecule has 0 aromatic carbocycles. The zero-order chi connectivity index (χ0) is 15.2. The van der Waals surface area contributed by atoms with Crippen molar-refractivity contribution in [2.24, 2.45) is 0 Å². The van der Waals surface area contributed by atoms with Crippen LogP contribution in [0.3, 0.4) is 0 Å². The van der Waals surface area contributed by atoms with Crippen molar-refractivity contribution in [1.82, 2.24) is 5.32 Å². The number of rotatable bonds is 6. The molecule has 0 saturated heterocycles. The summed E-state index contributed by atoms with van der Waals surface area (Å²) in [6, 6.07) is 2.79. The van der Waals surface area contributed by atoms with Gasteiger partial charge in [0.2, 0.25) is 0 Å². The first-order chi connectivity index (χ1) is 9.26. The van der Waals surface area contributed by atoms with Crippen LogP contribution < -0.4 is 5.32 Å². The molecule has 4 nitrogen and oxygen atoms in total. The number of nitriles is 1. The van der Waals surface area contributed by atoms with Gasteiger partial charge in [-0.2, -0.15) is 5.26 Å². The molecule has 0 amide bonds. The van der Waals surface area contributed by atoms with E-state index in [2.05, 4.69) is 25.2 Å². The second-order valence-electron chi connectivity index (χ2n) is 7.04. The van der Waals surface area contributed by atoms with Crippen LogP contribution in [-0.2, 0) is 9.47 Å². The Morgan fingerprint density at radius 3 is 2.60 bits per heavy atom. The topological polar surface area (TPSA) is 54.3 Å². The van der Waals surface area contributed by atoms with Crippen molar-refractivity contribution in [3.05, 3.63) is 0 Å². The molecule has 20 heavy (non-hydrogen) atoms. The number of nitrogens with zero attached hydrogens (tertiary/aromatic N) is 1. The third-order valence-electron chi connectivity index (χ3n) is 3.46. The molecule has 0 aliphatic heterocycles. The highest BCUT2D eigenvalue weighted by atomic mass is 16.5. The Kier molecular flexibility index (Phi) is 6.44. The van der Waals surface area contributed by atoms with Crippen LogP contribution in [0.15, 0.2) is 0 Å². The minimum Gasteiger partial charge on any atom is -0.376 e. The molecule has 1 N–H and O–H groups in total. The highest BCUT2D eigenvalue weighted by molar-refractivity contribution is 5.10. The van der Waals surface area contributed by atoms with Gasteiger partial charge in [0.1, 0.15) is 5.54 Å². The average Bonchev–Trinajstić information content (AvgIpc) is 2.33. The fraction of sp³-hybridized carbons (Fsp3) is 0.938. The maximum absolute atomic E-state index is 9.49. The van der Waals surface area contributed by atoms with Crippen LogP contribution >= 0.6 is 0 Å². The Balaban J connectivity index is 2.39. The molecule has 1 fully saturated rings. The molecule has 1 saturated carbocycles.